The maximum absolute atomic E-state index is 7.40. The first-order valence-electron chi connectivity index (χ1n) is 8.96. The zero-order chi connectivity index (χ0) is 20.4. The summed E-state index contributed by atoms with van der Waals surface area (Å²) in [5.74, 6) is 0.531. The molecule has 29 heavy (non-hydrogen) atoms. The van der Waals surface area contributed by atoms with Crippen LogP contribution in [0.4, 0.5) is 17.3 Å². The van der Waals surface area contributed by atoms with Gasteiger partial charge in [0.05, 0.1) is 24.5 Å². The quantitative estimate of drug-likeness (QED) is 0.474. The van der Waals surface area contributed by atoms with Crippen LogP contribution in [0.25, 0.3) is 21.7 Å². The van der Waals surface area contributed by atoms with Gasteiger partial charge in [0, 0.05) is 11.1 Å². The van der Waals surface area contributed by atoms with Gasteiger partial charge in [-0.15, -0.1) is 0 Å². The van der Waals surface area contributed by atoms with Crippen molar-refractivity contribution in [3.8, 4) is 11.3 Å². The zero-order valence-electron chi connectivity index (χ0n) is 15.5. The van der Waals surface area contributed by atoms with Gasteiger partial charge in [0.2, 0.25) is 0 Å². The Morgan fingerprint density at radius 1 is 1.24 bits per heavy atom. The van der Waals surface area contributed by atoms with Gasteiger partial charge in [-0.25, -0.2) is 24.3 Å². The molecule has 0 saturated heterocycles. The summed E-state index contributed by atoms with van der Waals surface area (Å²) < 4.78 is 1.60. The molecule has 9 heteroatoms. The third-order valence-corrected chi connectivity index (χ3v) is 4.84. The van der Waals surface area contributed by atoms with E-state index < -0.39 is 0 Å². The minimum absolute atomic E-state index is 0.143. The summed E-state index contributed by atoms with van der Waals surface area (Å²) in [5.41, 5.74) is 9.31. The number of hydrogen-bond acceptors (Lipinski definition) is 6. The molecule has 0 aliphatic rings. The molecule has 0 radical (unpaired) electrons. The van der Waals surface area contributed by atoms with E-state index in [1.165, 1.54) is 6.33 Å². The molecular formula is C20H17ClN8. The second-order valence-corrected chi connectivity index (χ2v) is 6.73. The molecule has 3 N–H and O–H groups in total. The minimum Gasteiger partial charge on any atom is -0.392 e. The number of nitrogens with one attached hydrogen (secondary N) is 1. The smallest absolute Gasteiger partial charge is 0.268 e. The molecule has 0 spiro atoms. The van der Waals surface area contributed by atoms with Crippen molar-refractivity contribution in [3.05, 3.63) is 71.1 Å². The number of rotatable bonds is 5. The Morgan fingerprint density at radius 2 is 2.03 bits per heavy atom. The van der Waals surface area contributed by atoms with Gasteiger partial charge >= 0.3 is 0 Å². The molecule has 4 rings (SSSR count). The first-order valence-corrected chi connectivity index (χ1v) is 9.34. The van der Waals surface area contributed by atoms with E-state index in [9.17, 15) is 0 Å². The van der Waals surface area contributed by atoms with Gasteiger partial charge in [-0.3, -0.25) is 0 Å². The first kappa shape index (κ1) is 18.7. The normalized spacial score (nSPS) is 11.9. The Labute approximate surface area is 172 Å². The molecule has 0 fully saturated rings. The van der Waals surface area contributed by atoms with Crippen molar-refractivity contribution in [3.63, 3.8) is 0 Å². The topological polar surface area (TPSA) is 98.4 Å². The number of nitrogen functional groups attached to an aromatic ring is 1. The Hall–Kier alpha value is -3.70. The van der Waals surface area contributed by atoms with Gasteiger partial charge in [-0.05, 0) is 12.5 Å². The monoisotopic (exact) mass is 404 g/mol. The third-order valence-electron chi connectivity index (χ3n) is 4.58. The first-order chi connectivity index (χ1) is 14.1. The van der Waals surface area contributed by atoms with E-state index in [0.29, 0.717) is 23.0 Å². The zero-order valence-corrected chi connectivity index (χ0v) is 16.3. The van der Waals surface area contributed by atoms with E-state index >= 15 is 0 Å². The molecule has 0 saturated carbocycles. The van der Waals surface area contributed by atoms with Crippen molar-refractivity contribution in [1.82, 2.24) is 24.6 Å². The number of anilines is 2. The van der Waals surface area contributed by atoms with Crippen molar-refractivity contribution in [2.45, 2.75) is 19.4 Å². The Bertz CT molecular complexity index is 1210. The van der Waals surface area contributed by atoms with E-state index in [-0.39, 0.29) is 17.5 Å². The summed E-state index contributed by atoms with van der Waals surface area (Å²) in [7, 11) is 0. The van der Waals surface area contributed by atoms with Crippen LogP contribution in [-0.4, -0.2) is 24.6 Å². The maximum Gasteiger partial charge on any atom is 0.268 e. The number of nitrogens with zero attached hydrogens (tertiary/aromatic N) is 6. The number of imidazole rings is 1. The van der Waals surface area contributed by atoms with Crippen molar-refractivity contribution in [2.24, 2.45) is 0 Å². The van der Waals surface area contributed by atoms with Crippen LogP contribution in [0.3, 0.4) is 0 Å². The predicted molar refractivity (Wildman–Crippen MR) is 113 cm³/mol. The number of benzene rings is 1. The van der Waals surface area contributed by atoms with E-state index in [0.717, 1.165) is 16.8 Å². The molecule has 8 nitrogen and oxygen atoms in total. The molecule has 0 unspecified atom stereocenters. The minimum atomic E-state index is -0.187. The average molecular weight is 405 g/mol. The van der Waals surface area contributed by atoms with Gasteiger partial charge in [0.15, 0.2) is 10.8 Å². The molecule has 4 aromatic rings. The molecule has 144 valence electrons. The molecule has 0 amide bonds. The van der Waals surface area contributed by atoms with E-state index in [1.54, 1.807) is 10.7 Å². The molecule has 1 atom stereocenters. The fourth-order valence-electron chi connectivity index (χ4n) is 3.16. The Balaban J connectivity index is 1.87. The fourth-order valence-corrected chi connectivity index (χ4v) is 3.33. The highest BCUT2D eigenvalue weighted by Crippen LogP contribution is 2.35. The van der Waals surface area contributed by atoms with Gasteiger partial charge in [-0.1, -0.05) is 48.9 Å². The summed E-state index contributed by atoms with van der Waals surface area (Å²) in [4.78, 5) is 15.9. The fraction of sp³-hybridized carbons (Fsp3) is 0.150. The second kappa shape index (κ2) is 7.73. The molecule has 3 aromatic heterocycles. The highest BCUT2D eigenvalue weighted by Gasteiger charge is 2.21. The Morgan fingerprint density at radius 3 is 2.76 bits per heavy atom. The number of aromatic nitrogens is 5. The van der Waals surface area contributed by atoms with Crippen LogP contribution in [-0.2, 0) is 0 Å². The van der Waals surface area contributed by atoms with Crippen LogP contribution in [0.1, 0.15) is 24.9 Å². The van der Waals surface area contributed by atoms with Crippen LogP contribution >= 0.6 is 11.6 Å². The van der Waals surface area contributed by atoms with E-state index in [2.05, 4.69) is 25.1 Å². The van der Waals surface area contributed by atoms with Crippen molar-refractivity contribution in [2.75, 3.05) is 11.1 Å². The van der Waals surface area contributed by atoms with Crippen LogP contribution in [0.5, 0.6) is 0 Å². The van der Waals surface area contributed by atoms with Gasteiger partial charge in [-0.2, -0.15) is 5.10 Å². The highest BCUT2D eigenvalue weighted by atomic mass is 35.5. The van der Waals surface area contributed by atoms with Crippen LogP contribution in [0.15, 0.2) is 48.9 Å². The predicted octanol–water partition coefficient (Wildman–Crippen LogP) is 4.54. The summed E-state index contributed by atoms with van der Waals surface area (Å²) in [5, 5.41) is 8.51. The SMILES string of the molecule is [C-]#[N+]c1c(N)ncnc1N[C@@H](CC)c1cc2ncc(Cl)n2nc1-c1ccccc1. The lowest BCUT2D eigenvalue weighted by molar-refractivity contribution is 0.736. The lowest BCUT2D eigenvalue weighted by Crippen LogP contribution is -2.14. The lowest BCUT2D eigenvalue weighted by atomic mass is 9.98. The van der Waals surface area contributed by atoms with Crippen LogP contribution in [0, 0.1) is 6.57 Å². The molecule has 0 aliphatic carbocycles. The lowest BCUT2D eigenvalue weighted by Gasteiger charge is -2.22. The molecule has 1 aromatic carbocycles. The van der Waals surface area contributed by atoms with Crippen LogP contribution < -0.4 is 11.1 Å². The van der Waals surface area contributed by atoms with E-state index in [1.807, 2.05) is 43.3 Å². The number of fused-ring (bicyclic) bond motifs is 1. The summed E-state index contributed by atoms with van der Waals surface area (Å²) in [6, 6.07) is 11.6. The summed E-state index contributed by atoms with van der Waals surface area (Å²) in [6.07, 6.45) is 3.62. The van der Waals surface area contributed by atoms with Gasteiger partial charge in [0.25, 0.3) is 5.69 Å². The van der Waals surface area contributed by atoms with Crippen LogP contribution in [0.2, 0.25) is 5.15 Å². The average Bonchev–Trinajstić information content (AvgIpc) is 3.11. The van der Waals surface area contributed by atoms with Crippen molar-refractivity contribution in [1.29, 1.82) is 0 Å². The Kier molecular flexibility index (Phi) is 4.97. The number of hydrogen-bond donors (Lipinski definition) is 2. The number of nitrogens with two attached hydrogens (primary N) is 1. The molecule has 0 aliphatic heterocycles. The summed E-state index contributed by atoms with van der Waals surface area (Å²) >= 11 is 6.24. The maximum atomic E-state index is 7.40. The van der Waals surface area contributed by atoms with Crippen molar-refractivity contribution < 1.29 is 0 Å². The summed E-state index contributed by atoms with van der Waals surface area (Å²) in [6.45, 7) is 9.44. The molecule has 3 heterocycles. The largest absolute Gasteiger partial charge is 0.392 e. The third kappa shape index (κ3) is 3.44. The standard InChI is InChI=1S/C20H17ClN8/c1-3-14(27-20-18(23-2)19(22)25-11-26-20)13-9-16-24-10-15(21)29(16)28-17(13)12-7-5-4-6-8-12/h4-11,14H,3H2,1H3,(H3,22,25,26,27)/t14-/m0/s1. The number of halogens is 1. The van der Waals surface area contributed by atoms with E-state index in [4.69, 9.17) is 29.0 Å². The second-order valence-electron chi connectivity index (χ2n) is 6.34. The highest BCUT2D eigenvalue weighted by molar-refractivity contribution is 6.29. The van der Waals surface area contributed by atoms with Gasteiger partial charge < -0.3 is 11.1 Å². The van der Waals surface area contributed by atoms with Gasteiger partial charge in [0.1, 0.15) is 18.0 Å². The molecule has 0 bridgehead atoms. The molecular weight excluding hydrogens is 388 g/mol. The van der Waals surface area contributed by atoms with Crippen molar-refractivity contribution >= 4 is 34.6 Å².